The first-order valence-corrected chi connectivity index (χ1v) is 11.9. The van der Waals surface area contributed by atoms with E-state index in [-0.39, 0.29) is 5.56 Å². The van der Waals surface area contributed by atoms with Gasteiger partial charge in [0, 0.05) is 17.8 Å². The molecule has 2 amide bonds. The summed E-state index contributed by atoms with van der Waals surface area (Å²) in [6.07, 6.45) is 4.74. The highest BCUT2D eigenvalue weighted by Gasteiger charge is 2.14. The van der Waals surface area contributed by atoms with Crippen molar-refractivity contribution in [1.29, 1.82) is 0 Å². The van der Waals surface area contributed by atoms with Crippen molar-refractivity contribution in [3.8, 4) is 10.6 Å². The number of amides is 2. The lowest BCUT2D eigenvalue weighted by molar-refractivity contribution is -0.142. The smallest absolute Gasteiger partial charge is 0.331 e. The molecule has 0 aliphatic heterocycles. The van der Waals surface area contributed by atoms with Crippen molar-refractivity contribution in [2.45, 2.75) is 6.54 Å². The van der Waals surface area contributed by atoms with Crippen molar-refractivity contribution < 1.29 is 19.1 Å². The molecule has 4 rings (SSSR count). The molecule has 3 aromatic heterocycles. The standard InChI is InChI=1S/C24H20N4O4S2/c25-23(31)18-10-12-34-24(18)26-20(29)15-32-21(30)9-8-17-14-28(13-16-5-2-1-3-6-16)27-22(17)19-7-4-11-33-19/h1-12,14H,13,15H2,(H2,25,31)(H,26,29)/b9-8+. The summed E-state index contributed by atoms with van der Waals surface area (Å²) >= 11 is 2.71. The van der Waals surface area contributed by atoms with Gasteiger partial charge in [0.05, 0.1) is 17.0 Å². The number of hydrogen-bond acceptors (Lipinski definition) is 7. The molecule has 0 saturated carbocycles. The maximum Gasteiger partial charge on any atom is 0.331 e. The first-order chi connectivity index (χ1) is 16.5. The highest BCUT2D eigenvalue weighted by atomic mass is 32.1. The first-order valence-electron chi connectivity index (χ1n) is 10.2. The Balaban J connectivity index is 1.40. The topological polar surface area (TPSA) is 116 Å². The number of nitrogens with one attached hydrogen (secondary N) is 1. The summed E-state index contributed by atoms with van der Waals surface area (Å²) in [4.78, 5) is 36.6. The van der Waals surface area contributed by atoms with Crippen molar-refractivity contribution in [1.82, 2.24) is 9.78 Å². The van der Waals surface area contributed by atoms with Crippen LogP contribution < -0.4 is 11.1 Å². The van der Waals surface area contributed by atoms with E-state index in [0.29, 0.717) is 11.5 Å². The number of benzene rings is 1. The van der Waals surface area contributed by atoms with Gasteiger partial charge in [-0.15, -0.1) is 22.7 Å². The number of hydrogen-bond donors (Lipinski definition) is 2. The largest absolute Gasteiger partial charge is 0.452 e. The van der Waals surface area contributed by atoms with Gasteiger partial charge in [0.1, 0.15) is 10.7 Å². The lowest BCUT2D eigenvalue weighted by atomic mass is 10.2. The summed E-state index contributed by atoms with van der Waals surface area (Å²) in [6.45, 7) is 0.0952. The summed E-state index contributed by atoms with van der Waals surface area (Å²) in [6, 6.07) is 15.4. The highest BCUT2D eigenvalue weighted by molar-refractivity contribution is 7.14. The zero-order valence-electron chi connectivity index (χ0n) is 17.8. The van der Waals surface area contributed by atoms with E-state index in [0.717, 1.165) is 33.0 Å². The van der Waals surface area contributed by atoms with Crippen LogP contribution >= 0.6 is 22.7 Å². The van der Waals surface area contributed by atoms with Crippen LogP contribution in [0.1, 0.15) is 21.5 Å². The predicted octanol–water partition coefficient (Wildman–Crippen LogP) is 4.02. The number of primary amides is 1. The molecule has 4 aromatic rings. The number of ether oxygens (including phenoxy) is 1. The predicted molar refractivity (Wildman–Crippen MR) is 133 cm³/mol. The molecule has 0 radical (unpaired) electrons. The molecule has 3 N–H and O–H groups in total. The fourth-order valence-corrected chi connectivity index (χ4v) is 4.66. The second-order valence-corrected chi connectivity index (χ2v) is 8.97. The summed E-state index contributed by atoms with van der Waals surface area (Å²) in [7, 11) is 0. The maximum absolute atomic E-state index is 12.2. The fourth-order valence-electron chi connectivity index (χ4n) is 3.12. The van der Waals surface area contributed by atoms with Crippen LogP contribution in [-0.2, 0) is 20.9 Å². The molecule has 0 bridgehead atoms. The molecule has 0 fully saturated rings. The number of aromatic nitrogens is 2. The van der Waals surface area contributed by atoms with Crippen molar-refractivity contribution in [2.24, 2.45) is 5.73 Å². The van der Waals surface area contributed by atoms with Gasteiger partial charge in [-0.1, -0.05) is 36.4 Å². The summed E-state index contributed by atoms with van der Waals surface area (Å²) in [5, 5.41) is 11.1. The summed E-state index contributed by atoms with van der Waals surface area (Å²) < 4.78 is 6.85. The average molecular weight is 493 g/mol. The molecular formula is C24H20N4O4S2. The van der Waals surface area contributed by atoms with Gasteiger partial charge in [0.25, 0.3) is 11.8 Å². The van der Waals surface area contributed by atoms with Gasteiger partial charge in [-0.05, 0) is 34.5 Å². The van der Waals surface area contributed by atoms with Crippen LogP contribution in [0.3, 0.4) is 0 Å². The van der Waals surface area contributed by atoms with Crippen LogP contribution in [0.4, 0.5) is 5.00 Å². The number of anilines is 1. The molecule has 8 nitrogen and oxygen atoms in total. The summed E-state index contributed by atoms with van der Waals surface area (Å²) in [5.74, 6) is -1.89. The molecule has 1 aromatic carbocycles. The number of nitrogens with zero attached hydrogens (tertiary/aromatic N) is 2. The Kier molecular flexibility index (Phi) is 7.31. The van der Waals surface area contributed by atoms with Crippen molar-refractivity contribution in [3.05, 3.63) is 88.3 Å². The Morgan fingerprint density at radius 3 is 2.62 bits per heavy atom. The monoisotopic (exact) mass is 492 g/mol. The normalized spacial score (nSPS) is 10.9. The molecule has 10 heteroatoms. The van der Waals surface area contributed by atoms with E-state index in [2.05, 4.69) is 10.4 Å². The van der Waals surface area contributed by atoms with Crippen molar-refractivity contribution in [2.75, 3.05) is 11.9 Å². The number of carbonyl (C=O) groups is 3. The molecule has 3 heterocycles. The van der Waals surface area contributed by atoms with Crippen LogP contribution in [0.5, 0.6) is 0 Å². The van der Waals surface area contributed by atoms with Gasteiger partial charge in [-0.3, -0.25) is 14.3 Å². The van der Waals surface area contributed by atoms with E-state index in [9.17, 15) is 14.4 Å². The van der Waals surface area contributed by atoms with Gasteiger partial charge in [-0.2, -0.15) is 5.10 Å². The van der Waals surface area contributed by atoms with E-state index in [4.69, 9.17) is 10.5 Å². The minimum absolute atomic E-state index is 0.207. The molecule has 0 aliphatic rings. The molecule has 34 heavy (non-hydrogen) atoms. The lowest BCUT2D eigenvalue weighted by Crippen LogP contribution is -2.21. The molecule has 0 spiro atoms. The van der Waals surface area contributed by atoms with Crippen molar-refractivity contribution in [3.63, 3.8) is 0 Å². The average Bonchev–Trinajstić information content (AvgIpc) is 3.58. The van der Waals surface area contributed by atoms with Gasteiger partial charge in [-0.25, -0.2) is 4.79 Å². The van der Waals surface area contributed by atoms with E-state index in [1.807, 2.05) is 58.7 Å². The molecule has 0 aliphatic carbocycles. The first kappa shape index (κ1) is 23.1. The number of rotatable bonds is 9. The van der Waals surface area contributed by atoms with Gasteiger partial charge in [0.2, 0.25) is 0 Å². The highest BCUT2D eigenvalue weighted by Crippen LogP contribution is 2.28. The van der Waals surface area contributed by atoms with Gasteiger partial charge >= 0.3 is 5.97 Å². The zero-order valence-corrected chi connectivity index (χ0v) is 19.5. The molecule has 0 saturated heterocycles. The molecule has 0 unspecified atom stereocenters. The van der Waals surface area contributed by atoms with E-state index in [1.54, 1.807) is 22.8 Å². The lowest BCUT2D eigenvalue weighted by Gasteiger charge is -2.04. The Morgan fingerprint density at radius 1 is 1.06 bits per heavy atom. The molecule has 0 atom stereocenters. The zero-order chi connectivity index (χ0) is 23.9. The number of esters is 1. The minimum atomic E-state index is -0.676. The van der Waals surface area contributed by atoms with Crippen LogP contribution in [0.2, 0.25) is 0 Å². The van der Waals surface area contributed by atoms with Crippen LogP contribution in [0.15, 0.2) is 71.6 Å². The third-order valence-corrected chi connectivity index (χ3v) is 6.37. The van der Waals surface area contributed by atoms with E-state index >= 15 is 0 Å². The summed E-state index contributed by atoms with van der Waals surface area (Å²) in [5.41, 5.74) is 8.08. The Labute approximate surface area is 203 Å². The van der Waals surface area contributed by atoms with Gasteiger partial charge < -0.3 is 15.8 Å². The van der Waals surface area contributed by atoms with Crippen LogP contribution in [0, 0.1) is 0 Å². The van der Waals surface area contributed by atoms with Crippen LogP contribution in [0.25, 0.3) is 16.6 Å². The molecule has 172 valence electrons. The maximum atomic E-state index is 12.2. The minimum Gasteiger partial charge on any atom is -0.452 e. The third-order valence-electron chi connectivity index (χ3n) is 4.66. The van der Waals surface area contributed by atoms with Crippen molar-refractivity contribution >= 4 is 51.5 Å². The van der Waals surface area contributed by atoms with Gasteiger partial charge in [0.15, 0.2) is 6.61 Å². The number of nitrogens with two attached hydrogens (primary N) is 1. The Bertz CT molecular complexity index is 1320. The quantitative estimate of drug-likeness (QED) is 0.270. The second kappa shape index (κ2) is 10.7. The fraction of sp³-hybridized carbons (Fsp3) is 0.0833. The SMILES string of the molecule is NC(=O)c1ccsc1NC(=O)COC(=O)/C=C/c1cn(Cc2ccccc2)nc1-c1cccs1. The van der Waals surface area contributed by atoms with E-state index in [1.165, 1.54) is 12.1 Å². The Hall–Kier alpha value is -4.02. The second-order valence-electron chi connectivity index (χ2n) is 7.11. The number of carbonyl (C=O) groups excluding carboxylic acids is 3. The third kappa shape index (κ3) is 5.85. The van der Waals surface area contributed by atoms with Crippen LogP contribution in [-0.4, -0.2) is 34.2 Å². The molecular weight excluding hydrogens is 472 g/mol. The van der Waals surface area contributed by atoms with E-state index < -0.39 is 24.4 Å². The Morgan fingerprint density at radius 2 is 1.88 bits per heavy atom. The number of thiophene rings is 2.